The van der Waals surface area contributed by atoms with Crippen molar-refractivity contribution in [1.29, 1.82) is 0 Å². The van der Waals surface area contributed by atoms with Crippen molar-refractivity contribution in [2.75, 3.05) is 13.6 Å². The van der Waals surface area contributed by atoms with Crippen molar-refractivity contribution < 1.29 is 4.79 Å². The van der Waals surface area contributed by atoms with Crippen LogP contribution >= 0.6 is 0 Å². The van der Waals surface area contributed by atoms with Gasteiger partial charge in [-0.05, 0) is 25.2 Å². The number of hydrogen-bond donors (Lipinski definition) is 1. The third-order valence-electron chi connectivity index (χ3n) is 3.72. The van der Waals surface area contributed by atoms with Gasteiger partial charge in [0.25, 0.3) is 0 Å². The molecule has 1 fully saturated rings. The van der Waals surface area contributed by atoms with Gasteiger partial charge in [-0.1, -0.05) is 32.6 Å². The molecule has 1 aliphatic carbocycles. The van der Waals surface area contributed by atoms with Crippen molar-refractivity contribution in [2.24, 2.45) is 11.7 Å². The molecular formula is C14H28N2O. The molecule has 0 unspecified atom stereocenters. The van der Waals surface area contributed by atoms with Gasteiger partial charge < -0.3 is 10.6 Å². The standard InChI is InChI=1S/C14H28N2O/c1-3-4-5-6-7-8-14(17)16(2)11-12-9-13(15)10-12/h12-13H,3-11,15H2,1-2H3. The van der Waals surface area contributed by atoms with Gasteiger partial charge in [0.15, 0.2) is 0 Å². The summed E-state index contributed by atoms with van der Waals surface area (Å²) in [5, 5.41) is 0. The van der Waals surface area contributed by atoms with Gasteiger partial charge in [-0.25, -0.2) is 0 Å². The highest BCUT2D eigenvalue weighted by atomic mass is 16.2. The molecule has 0 aromatic rings. The molecule has 0 aliphatic heterocycles. The first-order valence-electron chi connectivity index (χ1n) is 7.13. The van der Waals surface area contributed by atoms with Gasteiger partial charge in [0.1, 0.15) is 0 Å². The fourth-order valence-electron chi connectivity index (χ4n) is 2.50. The van der Waals surface area contributed by atoms with Crippen LogP contribution in [0.2, 0.25) is 0 Å². The highest BCUT2D eigenvalue weighted by molar-refractivity contribution is 5.75. The van der Waals surface area contributed by atoms with Crippen LogP contribution in [0.25, 0.3) is 0 Å². The second kappa shape index (κ2) is 7.70. The zero-order chi connectivity index (χ0) is 12.7. The van der Waals surface area contributed by atoms with Gasteiger partial charge in [-0.15, -0.1) is 0 Å². The Morgan fingerprint density at radius 2 is 1.88 bits per heavy atom. The number of rotatable bonds is 8. The van der Waals surface area contributed by atoms with Crippen molar-refractivity contribution in [1.82, 2.24) is 4.90 Å². The molecule has 3 nitrogen and oxygen atoms in total. The molecule has 0 aromatic heterocycles. The summed E-state index contributed by atoms with van der Waals surface area (Å²) in [4.78, 5) is 13.7. The second-order valence-corrected chi connectivity index (χ2v) is 5.54. The lowest BCUT2D eigenvalue weighted by Gasteiger charge is -2.35. The first-order chi connectivity index (χ1) is 8.13. The topological polar surface area (TPSA) is 46.3 Å². The van der Waals surface area contributed by atoms with Crippen molar-refractivity contribution in [3.63, 3.8) is 0 Å². The first kappa shape index (κ1) is 14.5. The van der Waals surface area contributed by atoms with Gasteiger partial charge >= 0.3 is 0 Å². The molecule has 100 valence electrons. The summed E-state index contributed by atoms with van der Waals surface area (Å²) >= 11 is 0. The lowest BCUT2D eigenvalue weighted by atomic mass is 9.80. The molecule has 1 saturated carbocycles. The number of nitrogens with two attached hydrogens (primary N) is 1. The van der Waals surface area contributed by atoms with Crippen LogP contribution in [-0.2, 0) is 4.79 Å². The third-order valence-corrected chi connectivity index (χ3v) is 3.72. The number of amides is 1. The molecule has 3 heteroatoms. The van der Waals surface area contributed by atoms with Crippen LogP contribution in [0, 0.1) is 5.92 Å². The van der Waals surface area contributed by atoms with E-state index >= 15 is 0 Å². The maximum atomic E-state index is 11.8. The molecule has 0 heterocycles. The van der Waals surface area contributed by atoms with Crippen LogP contribution in [-0.4, -0.2) is 30.4 Å². The average Bonchev–Trinajstić information content (AvgIpc) is 2.26. The van der Waals surface area contributed by atoms with Gasteiger partial charge in [-0.2, -0.15) is 0 Å². The summed E-state index contributed by atoms with van der Waals surface area (Å²) in [6.07, 6.45) is 8.97. The Morgan fingerprint density at radius 3 is 2.47 bits per heavy atom. The largest absolute Gasteiger partial charge is 0.345 e. The fourth-order valence-corrected chi connectivity index (χ4v) is 2.50. The van der Waals surface area contributed by atoms with Crippen LogP contribution in [0.3, 0.4) is 0 Å². The molecule has 0 atom stereocenters. The lowest BCUT2D eigenvalue weighted by Crippen LogP contribution is -2.43. The summed E-state index contributed by atoms with van der Waals surface area (Å²) in [5.41, 5.74) is 5.74. The quantitative estimate of drug-likeness (QED) is 0.663. The Labute approximate surface area is 106 Å². The van der Waals surface area contributed by atoms with E-state index in [1.54, 1.807) is 0 Å². The molecule has 0 radical (unpaired) electrons. The summed E-state index contributed by atoms with van der Waals surface area (Å²) in [6.45, 7) is 3.11. The van der Waals surface area contributed by atoms with Gasteiger partial charge in [-0.3, -0.25) is 4.79 Å². The predicted molar refractivity (Wildman–Crippen MR) is 71.7 cm³/mol. The summed E-state index contributed by atoms with van der Waals surface area (Å²) in [5.74, 6) is 0.959. The van der Waals surface area contributed by atoms with E-state index in [4.69, 9.17) is 5.73 Å². The molecule has 2 N–H and O–H groups in total. The number of hydrogen-bond acceptors (Lipinski definition) is 2. The zero-order valence-electron chi connectivity index (χ0n) is 11.5. The van der Waals surface area contributed by atoms with Crippen molar-refractivity contribution in [2.45, 2.75) is 64.3 Å². The zero-order valence-corrected chi connectivity index (χ0v) is 11.5. The monoisotopic (exact) mass is 240 g/mol. The predicted octanol–water partition coefficient (Wildman–Crippen LogP) is 2.54. The number of nitrogens with zero attached hydrogens (tertiary/aromatic N) is 1. The van der Waals surface area contributed by atoms with E-state index in [1.807, 2.05) is 11.9 Å². The Kier molecular flexibility index (Phi) is 6.56. The molecule has 1 amide bonds. The maximum Gasteiger partial charge on any atom is 0.222 e. The van der Waals surface area contributed by atoms with Crippen LogP contribution < -0.4 is 5.73 Å². The first-order valence-corrected chi connectivity index (χ1v) is 7.13. The minimum absolute atomic E-state index is 0.307. The molecule has 1 rings (SSSR count). The van der Waals surface area contributed by atoms with E-state index in [1.165, 1.54) is 25.7 Å². The van der Waals surface area contributed by atoms with Crippen molar-refractivity contribution >= 4 is 5.91 Å². The van der Waals surface area contributed by atoms with E-state index in [-0.39, 0.29) is 0 Å². The molecule has 0 spiro atoms. The summed E-state index contributed by atoms with van der Waals surface area (Å²) < 4.78 is 0. The van der Waals surface area contributed by atoms with Crippen LogP contribution in [0.4, 0.5) is 0 Å². The van der Waals surface area contributed by atoms with Crippen LogP contribution in [0.5, 0.6) is 0 Å². The molecule has 17 heavy (non-hydrogen) atoms. The minimum Gasteiger partial charge on any atom is -0.345 e. The number of carbonyl (C=O) groups excluding carboxylic acids is 1. The van der Waals surface area contributed by atoms with E-state index in [9.17, 15) is 4.79 Å². The third kappa shape index (κ3) is 5.53. The Hall–Kier alpha value is -0.570. The smallest absolute Gasteiger partial charge is 0.222 e. The van der Waals surface area contributed by atoms with Crippen molar-refractivity contribution in [3.8, 4) is 0 Å². The van der Waals surface area contributed by atoms with Gasteiger partial charge in [0.2, 0.25) is 5.91 Å². The van der Waals surface area contributed by atoms with Crippen molar-refractivity contribution in [3.05, 3.63) is 0 Å². The Bertz CT molecular complexity index is 224. The van der Waals surface area contributed by atoms with Crippen LogP contribution in [0.15, 0.2) is 0 Å². The number of carbonyl (C=O) groups is 1. The number of unbranched alkanes of at least 4 members (excludes halogenated alkanes) is 4. The average molecular weight is 240 g/mol. The van der Waals surface area contributed by atoms with Crippen LogP contribution in [0.1, 0.15) is 58.3 Å². The van der Waals surface area contributed by atoms with E-state index in [2.05, 4.69) is 6.92 Å². The molecule has 0 bridgehead atoms. The maximum absolute atomic E-state index is 11.8. The lowest BCUT2D eigenvalue weighted by molar-refractivity contribution is -0.131. The van der Waals surface area contributed by atoms with E-state index in [0.717, 1.165) is 32.2 Å². The van der Waals surface area contributed by atoms with Gasteiger partial charge in [0, 0.05) is 26.1 Å². The summed E-state index contributed by atoms with van der Waals surface area (Å²) in [7, 11) is 1.93. The molecule has 0 saturated heterocycles. The van der Waals surface area contributed by atoms with Gasteiger partial charge in [0.05, 0.1) is 0 Å². The molecule has 0 aromatic carbocycles. The van der Waals surface area contributed by atoms with E-state index in [0.29, 0.717) is 17.9 Å². The Balaban J connectivity index is 2.02. The molecule has 1 aliphatic rings. The normalized spacial score (nSPS) is 23.2. The van der Waals surface area contributed by atoms with E-state index < -0.39 is 0 Å². The second-order valence-electron chi connectivity index (χ2n) is 5.54. The fraction of sp³-hybridized carbons (Fsp3) is 0.929. The molecular weight excluding hydrogens is 212 g/mol. The highest BCUT2D eigenvalue weighted by Crippen LogP contribution is 2.26. The SMILES string of the molecule is CCCCCCCC(=O)N(C)CC1CC(N)C1. The summed E-state index contributed by atoms with van der Waals surface area (Å²) in [6, 6.07) is 0.387. The Morgan fingerprint density at radius 1 is 1.24 bits per heavy atom. The highest BCUT2D eigenvalue weighted by Gasteiger charge is 2.27. The minimum atomic E-state index is 0.307.